The van der Waals surface area contributed by atoms with Gasteiger partial charge in [0.15, 0.2) is 0 Å². The predicted molar refractivity (Wildman–Crippen MR) is 259 cm³/mol. The Morgan fingerprint density at radius 3 is 1.95 bits per heavy atom. The van der Waals surface area contributed by atoms with Crippen molar-refractivity contribution in [2.75, 3.05) is 9.71 Å². The topological polar surface area (TPSA) is 19.6 Å². The lowest BCUT2D eigenvalue weighted by molar-refractivity contribution is 0.332. The number of anilines is 5. The highest BCUT2D eigenvalue weighted by molar-refractivity contribution is 6.93. The van der Waals surface area contributed by atoms with Crippen molar-refractivity contribution in [3.8, 4) is 11.1 Å². The van der Waals surface area contributed by atoms with Crippen LogP contribution in [-0.2, 0) is 16.2 Å². The maximum Gasteiger partial charge on any atom is 0.333 e. The van der Waals surface area contributed by atoms with Crippen LogP contribution in [0.5, 0.6) is 0 Å². The summed E-state index contributed by atoms with van der Waals surface area (Å²) in [4.78, 5) is 5.31. The summed E-state index contributed by atoms with van der Waals surface area (Å²) in [5.41, 5.74) is 22.0. The summed E-state index contributed by atoms with van der Waals surface area (Å²) in [7, 11) is 0. The van der Waals surface area contributed by atoms with Crippen molar-refractivity contribution in [3.05, 3.63) is 209 Å². The molecule has 0 atom stereocenters. The Bertz CT molecular complexity index is 3300. The summed E-state index contributed by atoms with van der Waals surface area (Å²) < 4.78 is 6.73. The minimum absolute atomic E-state index is 0.0479. The molecule has 13 rings (SSSR count). The van der Waals surface area contributed by atoms with Crippen molar-refractivity contribution < 1.29 is 4.42 Å². The van der Waals surface area contributed by atoms with E-state index in [2.05, 4.69) is 214 Å². The van der Waals surface area contributed by atoms with Crippen molar-refractivity contribution >= 4 is 68.1 Å². The van der Waals surface area contributed by atoms with E-state index in [9.17, 15) is 0 Å². The lowest BCUT2D eigenvalue weighted by atomic mass is 9.42. The van der Waals surface area contributed by atoms with Gasteiger partial charge < -0.3 is 14.1 Å². The van der Waals surface area contributed by atoms with Crippen LogP contribution in [0.2, 0.25) is 0 Å². The van der Waals surface area contributed by atoms with Gasteiger partial charge in [-0.3, -0.25) is 0 Å². The fraction of sp³-hybridized carbons (Fsp3) is 0.172. The Morgan fingerprint density at radius 1 is 0.500 bits per heavy atom. The maximum absolute atomic E-state index is 6.73. The Hall–Kier alpha value is -6.78. The van der Waals surface area contributed by atoms with E-state index in [-0.39, 0.29) is 17.7 Å². The standard InChI is InChI=1S/C58H47BN2O/c1-36-31-43-41-34-42-40-21-12-15-26-52(40)62-53(42)35-50(41)61(39-27-28-44-47(33-39)57(4,5)30-29-56(44,2)3)59-48-24-16-23-46-55(48)60(51(32-36)54(43)59)49-25-14-13-22-45(49)58(46,37-17-8-6-9-18-37)38-19-10-7-11-20-38/h6-28,31-35H,29-30H2,1-5H3. The molecule has 0 unspecified atom stereocenters. The molecule has 3 aliphatic heterocycles. The zero-order chi connectivity index (χ0) is 41.7. The van der Waals surface area contributed by atoms with Gasteiger partial charge in [0, 0.05) is 45.2 Å². The van der Waals surface area contributed by atoms with E-state index in [1.54, 1.807) is 0 Å². The van der Waals surface area contributed by atoms with Gasteiger partial charge >= 0.3 is 6.85 Å². The first-order valence-corrected chi connectivity index (χ1v) is 22.3. The number of nitrogens with zero attached hydrogens (tertiary/aromatic N) is 2. The highest BCUT2D eigenvalue weighted by Crippen LogP contribution is 2.59. The lowest BCUT2D eigenvalue weighted by Crippen LogP contribution is -2.62. The first-order chi connectivity index (χ1) is 30.1. The molecule has 0 spiro atoms. The van der Waals surface area contributed by atoms with Crippen molar-refractivity contribution in [3.63, 3.8) is 0 Å². The molecule has 0 fully saturated rings. The predicted octanol–water partition coefficient (Wildman–Crippen LogP) is 13.6. The SMILES string of the molecule is Cc1cc2c3c(c1)N1c4ccccc4C(c4ccccc4)(c4ccccc4)c4cccc(c41)B3N(c1ccc3c(c1)C(C)(C)CCC3(C)C)c1cc3oc4ccccc4c3cc1-2. The second-order valence-electron chi connectivity index (χ2n) is 19.6. The number of para-hydroxylation sites is 3. The van der Waals surface area contributed by atoms with Crippen LogP contribution < -0.4 is 20.6 Å². The Balaban J connectivity index is 1.18. The fourth-order valence-corrected chi connectivity index (χ4v) is 12.2. The van der Waals surface area contributed by atoms with Gasteiger partial charge in [0.2, 0.25) is 0 Å². The fourth-order valence-electron chi connectivity index (χ4n) is 12.2. The molecule has 3 nitrogen and oxygen atoms in total. The second-order valence-corrected chi connectivity index (χ2v) is 19.6. The zero-order valence-corrected chi connectivity index (χ0v) is 36.0. The van der Waals surface area contributed by atoms with E-state index >= 15 is 0 Å². The van der Waals surface area contributed by atoms with E-state index in [4.69, 9.17) is 4.42 Å². The summed E-state index contributed by atoms with van der Waals surface area (Å²) in [6, 6.07) is 64.3. The summed E-state index contributed by atoms with van der Waals surface area (Å²) >= 11 is 0. The van der Waals surface area contributed by atoms with E-state index in [1.807, 2.05) is 0 Å². The van der Waals surface area contributed by atoms with Crippen LogP contribution in [0.4, 0.5) is 28.4 Å². The van der Waals surface area contributed by atoms with Crippen molar-refractivity contribution in [1.29, 1.82) is 0 Å². The quantitative estimate of drug-likeness (QED) is 0.166. The average Bonchev–Trinajstić information content (AvgIpc) is 3.66. The van der Waals surface area contributed by atoms with Gasteiger partial charge in [-0.2, -0.15) is 0 Å². The summed E-state index contributed by atoms with van der Waals surface area (Å²) in [5.74, 6) is 0. The molecule has 62 heavy (non-hydrogen) atoms. The maximum atomic E-state index is 6.73. The number of benzene rings is 8. The van der Waals surface area contributed by atoms with E-state index in [0.717, 1.165) is 28.4 Å². The van der Waals surface area contributed by atoms with Crippen LogP contribution in [-0.4, -0.2) is 6.85 Å². The minimum Gasteiger partial charge on any atom is -0.456 e. The van der Waals surface area contributed by atoms with Crippen molar-refractivity contribution in [1.82, 2.24) is 0 Å². The molecule has 298 valence electrons. The first-order valence-electron chi connectivity index (χ1n) is 22.3. The Labute approximate surface area is 364 Å². The molecule has 4 heteroatoms. The molecule has 8 aromatic carbocycles. The highest BCUT2D eigenvalue weighted by Gasteiger charge is 2.53. The molecule has 9 aromatic rings. The molecule has 0 saturated heterocycles. The molecule has 1 aromatic heterocycles. The number of rotatable bonds is 3. The normalized spacial score (nSPS) is 17.0. The van der Waals surface area contributed by atoms with Gasteiger partial charge in [-0.25, -0.2) is 0 Å². The zero-order valence-electron chi connectivity index (χ0n) is 36.0. The molecule has 4 aliphatic rings. The van der Waals surface area contributed by atoms with Gasteiger partial charge in [0.1, 0.15) is 11.2 Å². The third kappa shape index (κ3) is 4.62. The third-order valence-electron chi connectivity index (χ3n) is 15.2. The average molecular weight is 799 g/mol. The number of hydrogen-bond donors (Lipinski definition) is 0. The molecular formula is C58H47BN2O. The van der Waals surface area contributed by atoms with Gasteiger partial charge in [-0.1, -0.05) is 155 Å². The van der Waals surface area contributed by atoms with Gasteiger partial charge in [-0.05, 0) is 122 Å². The van der Waals surface area contributed by atoms with Crippen LogP contribution >= 0.6 is 0 Å². The first kappa shape index (κ1) is 35.9. The second kappa shape index (κ2) is 12.4. The van der Waals surface area contributed by atoms with E-state index in [0.29, 0.717) is 0 Å². The Kier molecular flexibility index (Phi) is 7.20. The Morgan fingerprint density at radius 2 is 1.18 bits per heavy atom. The smallest absolute Gasteiger partial charge is 0.333 e. The van der Waals surface area contributed by atoms with Gasteiger partial charge in [0.25, 0.3) is 0 Å². The largest absolute Gasteiger partial charge is 0.456 e. The van der Waals surface area contributed by atoms with Gasteiger partial charge in [-0.15, -0.1) is 0 Å². The number of furan rings is 1. The highest BCUT2D eigenvalue weighted by atomic mass is 16.3. The van der Waals surface area contributed by atoms with Crippen LogP contribution in [0.15, 0.2) is 174 Å². The van der Waals surface area contributed by atoms with E-state index in [1.165, 1.54) is 95.9 Å². The molecule has 4 heterocycles. The molecule has 0 radical (unpaired) electrons. The number of hydrogen-bond acceptors (Lipinski definition) is 3. The molecule has 0 bridgehead atoms. The number of fused-ring (bicyclic) bond motifs is 10. The summed E-state index contributed by atoms with van der Waals surface area (Å²) in [5, 5.41) is 2.30. The van der Waals surface area contributed by atoms with Gasteiger partial charge in [0.05, 0.1) is 11.1 Å². The third-order valence-corrected chi connectivity index (χ3v) is 15.2. The molecule has 1 aliphatic carbocycles. The minimum atomic E-state index is -0.565. The molecular weight excluding hydrogens is 751 g/mol. The van der Waals surface area contributed by atoms with Crippen LogP contribution in [0.1, 0.15) is 79.5 Å². The van der Waals surface area contributed by atoms with Crippen molar-refractivity contribution in [2.24, 2.45) is 0 Å². The lowest BCUT2D eigenvalue weighted by Gasteiger charge is -2.52. The summed E-state index contributed by atoms with van der Waals surface area (Å²) in [6.45, 7) is 11.9. The van der Waals surface area contributed by atoms with Crippen LogP contribution in [0.3, 0.4) is 0 Å². The van der Waals surface area contributed by atoms with Crippen LogP contribution in [0, 0.1) is 6.92 Å². The monoisotopic (exact) mass is 798 g/mol. The van der Waals surface area contributed by atoms with Crippen molar-refractivity contribution in [2.45, 2.75) is 63.7 Å². The number of aryl methyl sites for hydroxylation is 1. The molecule has 0 saturated carbocycles. The molecule has 0 N–H and O–H groups in total. The molecule has 0 amide bonds. The van der Waals surface area contributed by atoms with E-state index < -0.39 is 5.41 Å². The van der Waals surface area contributed by atoms with Crippen LogP contribution in [0.25, 0.3) is 33.1 Å². The summed E-state index contributed by atoms with van der Waals surface area (Å²) in [6.07, 6.45) is 2.34.